The van der Waals surface area contributed by atoms with Gasteiger partial charge < -0.3 is 14.8 Å². The van der Waals surface area contributed by atoms with Crippen molar-refractivity contribution in [3.63, 3.8) is 0 Å². The molecule has 0 amide bonds. The van der Waals surface area contributed by atoms with Crippen molar-refractivity contribution in [3.8, 4) is 6.19 Å². The van der Waals surface area contributed by atoms with Crippen LogP contribution in [0.4, 0.5) is 5.82 Å². The first-order valence-corrected chi connectivity index (χ1v) is 7.47. The summed E-state index contributed by atoms with van der Waals surface area (Å²) in [6.07, 6.45) is 6.99. The Balaban J connectivity index is 1.62. The zero-order valence-corrected chi connectivity index (χ0v) is 12.0. The molecule has 1 N–H and O–H groups in total. The van der Waals surface area contributed by atoms with E-state index in [1.54, 1.807) is 6.33 Å². The fraction of sp³-hybridized carbons (Fsp3) is 0.533. The number of likely N-dealkylation sites (tertiary alicyclic amines) is 1. The lowest BCUT2D eigenvalue weighted by atomic mass is 9.85. The van der Waals surface area contributed by atoms with Crippen LogP contribution in [0.5, 0.6) is 0 Å². The van der Waals surface area contributed by atoms with E-state index >= 15 is 0 Å². The van der Waals surface area contributed by atoms with E-state index in [1.807, 2.05) is 17.2 Å². The molecule has 2 aliphatic rings. The van der Waals surface area contributed by atoms with Crippen LogP contribution in [0.15, 0.2) is 18.6 Å². The highest BCUT2D eigenvalue weighted by Crippen LogP contribution is 2.37. The first kappa shape index (κ1) is 12.5. The number of nitrogens with one attached hydrogen (secondary N) is 1. The van der Waals surface area contributed by atoms with Crippen LogP contribution in [0.3, 0.4) is 0 Å². The molecule has 2 aromatic rings. The van der Waals surface area contributed by atoms with E-state index in [2.05, 4.69) is 33.0 Å². The number of fused-ring (bicyclic) bond motifs is 2. The third-order valence-electron chi connectivity index (χ3n) is 5.10. The Kier molecular flexibility index (Phi) is 2.74. The molecule has 0 spiro atoms. The van der Waals surface area contributed by atoms with E-state index in [0.29, 0.717) is 17.9 Å². The van der Waals surface area contributed by atoms with Crippen molar-refractivity contribution in [3.05, 3.63) is 18.6 Å². The normalized spacial score (nSPS) is 28.7. The van der Waals surface area contributed by atoms with Crippen LogP contribution >= 0.6 is 0 Å². The van der Waals surface area contributed by atoms with E-state index < -0.39 is 0 Å². The molecule has 6 nitrogen and oxygen atoms in total. The maximum absolute atomic E-state index is 9.22. The van der Waals surface area contributed by atoms with Crippen molar-refractivity contribution >= 4 is 16.9 Å². The maximum Gasteiger partial charge on any atom is 0.179 e. The van der Waals surface area contributed by atoms with Gasteiger partial charge in [-0.05, 0) is 31.2 Å². The Morgan fingerprint density at radius 2 is 2.29 bits per heavy atom. The Morgan fingerprint density at radius 3 is 3.14 bits per heavy atom. The molecule has 21 heavy (non-hydrogen) atoms. The number of anilines is 1. The number of nitrogens with zero attached hydrogens (tertiary/aromatic N) is 5. The van der Waals surface area contributed by atoms with Gasteiger partial charge in [-0.3, -0.25) is 0 Å². The highest BCUT2D eigenvalue weighted by atomic mass is 15.2. The van der Waals surface area contributed by atoms with Crippen LogP contribution < -0.4 is 4.90 Å². The number of hydrogen-bond donors (Lipinski definition) is 1. The van der Waals surface area contributed by atoms with Crippen LogP contribution in [-0.4, -0.2) is 45.5 Å². The standard InChI is InChI=1S/C15H18N6/c1-10-12-3-5-20(6-11(12)7-21(10)8-16)15-13-2-4-17-14(13)18-9-19-15/h2,4,9-12H,3,5-7H2,1H3,(H,17,18,19). The minimum absolute atomic E-state index is 0.375. The molecule has 0 aromatic carbocycles. The van der Waals surface area contributed by atoms with Gasteiger partial charge in [-0.15, -0.1) is 0 Å². The fourth-order valence-electron chi connectivity index (χ4n) is 3.96. The number of hydrogen-bond acceptors (Lipinski definition) is 5. The molecule has 4 heterocycles. The van der Waals surface area contributed by atoms with Crippen molar-refractivity contribution in [2.24, 2.45) is 11.8 Å². The number of piperidine rings is 1. The summed E-state index contributed by atoms with van der Waals surface area (Å²) in [5.41, 5.74) is 0.889. The number of aromatic nitrogens is 3. The predicted molar refractivity (Wildman–Crippen MR) is 79.5 cm³/mol. The second kappa shape index (κ2) is 4.62. The molecule has 2 saturated heterocycles. The van der Waals surface area contributed by atoms with Crippen LogP contribution in [0.25, 0.3) is 11.0 Å². The average molecular weight is 282 g/mol. The van der Waals surface area contributed by atoms with E-state index in [1.165, 1.54) is 0 Å². The number of nitriles is 1. The van der Waals surface area contributed by atoms with Gasteiger partial charge in [-0.25, -0.2) is 9.97 Å². The summed E-state index contributed by atoms with van der Waals surface area (Å²) in [4.78, 5) is 16.2. The van der Waals surface area contributed by atoms with Crippen molar-refractivity contribution in [1.82, 2.24) is 19.9 Å². The smallest absolute Gasteiger partial charge is 0.179 e. The van der Waals surface area contributed by atoms with Crippen LogP contribution in [0.2, 0.25) is 0 Å². The Bertz CT molecular complexity index is 701. The molecule has 2 aromatic heterocycles. The minimum Gasteiger partial charge on any atom is -0.356 e. The largest absolute Gasteiger partial charge is 0.356 e. The molecule has 3 atom stereocenters. The van der Waals surface area contributed by atoms with Gasteiger partial charge in [0.25, 0.3) is 0 Å². The number of H-pyrrole nitrogens is 1. The van der Waals surface area contributed by atoms with Crippen molar-refractivity contribution in [1.29, 1.82) is 5.26 Å². The van der Waals surface area contributed by atoms with E-state index in [0.717, 1.165) is 42.9 Å². The zero-order valence-electron chi connectivity index (χ0n) is 12.0. The van der Waals surface area contributed by atoms with Crippen LogP contribution in [0.1, 0.15) is 13.3 Å². The van der Waals surface area contributed by atoms with Crippen molar-refractivity contribution in [2.75, 3.05) is 24.5 Å². The Labute approximate surface area is 123 Å². The second-order valence-corrected chi connectivity index (χ2v) is 6.09. The molecule has 0 aliphatic carbocycles. The van der Waals surface area contributed by atoms with Gasteiger partial charge in [-0.2, -0.15) is 5.26 Å². The average Bonchev–Trinajstić information content (AvgIpc) is 3.11. The van der Waals surface area contributed by atoms with Crippen molar-refractivity contribution < 1.29 is 0 Å². The Hall–Kier alpha value is -2.29. The van der Waals surface area contributed by atoms with Gasteiger partial charge >= 0.3 is 0 Å². The first-order chi connectivity index (χ1) is 10.3. The topological polar surface area (TPSA) is 71.8 Å². The molecular formula is C15H18N6. The molecule has 2 fully saturated rings. The van der Waals surface area contributed by atoms with Crippen molar-refractivity contribution in [2.45, 2.75) is 19.4 Å². The molecule has 0 bridgehead atoms. The number of rotatable bonds is 1. The third-order valence-corrected chi connectivity index (χ3v) is 5.10. The van der Waals surface area contributed by atoms with Gasteiger partial charge in [0.1, 0.15) is 17.8 Å². The SMILES string of the molecule is CC1C2CCN(c3ncnc4[nH]ccc34)CC2CN1C#N. The quantitative estimate of drug-likeness (QED) is 0.804. The fourth-order valence-corrected chi connectivity index (χ4v) is 3.96. The highest BCUT2D eigenvalue weighted by molar-refractivity contribution is 5.87. The molecular weight excluding hydrogens is 264 g/mol. The lowest BCUT2D eigenvalue weighted by Crippen LogP contribution is -2.41. The van der Waals surface area contributed by atoms with E-state index in [-0.39, 0.29) is 0 Å². The minimum atomic E-state index is 0.375. The van der Waals surface area contributed by atoms with Gasteiger partial charge in [0.15, 0.2) is 6.19 Å². The van der Waals surface area contributed by atoms with Gasteiger partial charge in [0.2, 0.25) is 0 Å². The number of aromatic amines is 1. The summed E-state index contributed by atoms with van der Waals surface area (Å²) in [6.45, 7) is 5.03. The lowest BCUT2D eigenvalue weighted by molar-refractivity contribution is 0.291. The molecule has 108 valence electrons. The molecule has 3 unspecified atom stereocenters. The van der Waals surface area contributed by atoms with Gasteiger partial charge in [0.05, 0.1) is 5.39 Å². The lowest BCUT2D eigenvalue weighted by Gasteiger charge is -2.36. The monoisotopic (exact) mass is 282 g/mol. The molecule has 6 heteroatoms. The first-order valence-electron chi connectivity index (χ1n) is 7.47. The zero-order chi connectivity index (χ0) is 14.4. The summed E-state index contributed by atoms with van der Waals surface area (Å²) in [5.74, 6) is 2.20. The van der Waals surface area contributed by atoms with Gasteiger partial charge in [0, 0.05) is 31.9 Å². The van der Waals surface area contributed by atoms with E-state index in [4.69, 9.17) is 0 Å². The van der Waals surface area contributed by atoms with E-state index in [9.17, 15) is 5.26 Å². The van der Waals surface area contributed by atoms with Gasteiger partial charge in [-0.1, -0.05) is 0 Å². The molecule has 2 aliphatic heterocycles. The van der Waals surface area contributed by atoms with Crippen LogP contribution in [-0.2, 0) is 0 Å². The predicted octanol–water partition coefficient (Wildman–Crippen LogP) is 1.59. The Morgan fingerprint density at radius 1 is 1.38 bits per heavy atom. The molecule has 0 radical (unpaired) electrons. The third kappa shape index (κ3) is 1.84. The summed E-state index contributed by atoms with van der Waals surface area (Å²) in [7, 11) is 0. The second-order valence-electron chi connectivity index (χ2n) is 6.09. The molecule has 0 saturated carbocycles. The summed E-state index contributed by atoms with van der Waals surface area (Å²) in [6, 6.07) is 2.41. The summed E-state index contributed by atoms with van der Waals surface area (Å²) < 4.78 is 0. The summed E-state index contributed by atoms with van der Waals surface area (Å²) >= 11 is 0. The maximum atomic E-state index is 9.22. The van der Waals surface area contributed by atoms with Crippen LogP contribution in [0, 0.1) is 23.3 Å². The summed E-state index contributed by atoms with van der Waals surface area (Å²) in [5, 5.41) is 10.3. The highest BCUT2D eigenvalue weighted by Gasteiger charge is 2.42. The molecule has 4 rings (SSSR count).